The zero-order valence-electron chi connectivity index (χ0n) is 14.2. The maximum absolute atomic E-state index is 12.5. The number of thiazole rings is 1. The number of aromatic nitrogens is 1. The molecule has 0 aliphatic heterocycles. The molecular formula is C18H22N4O2S. The molecule has 7 heteroatoms. The van der Waals surface area contributed by atoms with Crippen LogP contribution in [0.15, 0.2) is 30.3 Å². The van der Waals surface area contributed by atoms with E-state index in [1.165, 1.54) is 30.6 Å². The summed E-state index contributed by atoms with van der Waals surface area (Å²) in [6, 6.07) is 9.05. The van der Waals surface area contributed by atoms with Gasteiger partial charge in [-0.3, -0.25) is 10.1 Å². The Labute approximate surface area is 151 Å². The van der Waals surface area contributed by atoms with Crippen molar-refractivity contribution in [2.45, 2.75) is 45.1 Å². The largest absolute Gasteiger partial charge is 0.349 e. The highest BCUT2D eigenvalue weighted by Gasteiger charge is 2.21. The third kappa shape index (κ3) is 4.79. The Bertz CT molecular complexity index is 739. The molecule has 1 aromatic heterocycles. The summed E-state index contributed by atoms with van der Waals surface area (Å²) >= 11 is 1.20. The van der Waals surface area contributed by atoms with Gasteiger partial charge in [0.2, 0.25) is 0 Å². The summed E-state index contributed by atoms with van der Waals surface area (Å²) in [5.74, 6) is -0.0987. The fourth-order valence-corrected chi connectivity index (χ4v) is 3.80. The van der Waals surface area contributed by atoms with Crippen LogP contribution in [0.3, 0.4) is 0 Å². The van der Waals surface area contributed by atoms with E-state index in [0.717, 1.165) is 12.8 Å². The number of carbonyl (C=O) groups excluding carboxylic acids is 2. The Morgan fingerprint density at radius 2 is 1.80 bits per heavy atom. The number of aryl methyl sites for hydroxylation is 1. The van der Waals surface area contributed by atoms with Gasteiger partial charge in [-0.2, -0.15) is 0 Å². The smallest absolute Gasteiger partial charge is 0.325 e. The molecule has 1 saturated carbocycles. The van der Waals surface area contributed by atoms with E-state index in [2.05, 4.69) is 20.9 Å². The Kier molecular flexibility index (Phi) is 5.65. The second-order valence-corrected chi connectivity index (χ2v) is 7.19. The van der Waals surface area contributed by atoms with Crippen LogP contribution in [0.1, 0.15) is 47.5 Å². The van der Waals surface area contributed by atoms with Crippen molar-refractivity contribution in [2.75, 3.05) is 10.6 Å². The molecule has 1 aromatic carbocycles. The van der Waals surface area contributed by atoms with E-state index < -0.39 is 0 Å². The van der Waals surface area contributed by atoms with Gasteiger partial charge in [0, 0.05) is 11.7 Å². The average Bonchev–Trinajstić information content (AvgIpc) is 2.97. The van der Waals surface area contributed by atoms with E-state index in [-0.39, 0.29) is 18.0 Å². The van der Waals surface area contributed by atoms with Gasteiger partial charge in [-0.15, -0.1) is 0 Å². The summed E-state index contributed by atoms with van der Waals surface area (Å²) in [6.07, 6.45) is 5.65. The molecule has 1 aliphatic carbocycles. The molecule has 25 heavy (non-hydrogen) atoms. The average molecular weight is 358 g/mol. The predicted octanol–water partition coefficient (Wildman–Crippen LogP) is 4.16. The Morgan fingerprint density at radius 1 is 1.08 bits per heavy atom. The molecule has 1 heterocycles. The molecule has 0 saturated heterocycles. The number of carbonyl (C=O) groups is 2. The second kappa shape index (κ2) is 8.11. The first kappa shape index (κ1) is 17.4. The van der Waals surface area contributed by atoms with Gasteiger partial charge in [0.05, 0.1) is 5.69 Å². The molecule has 3 amide bonds. The van der Waals surface area contributed by atoms with Crippen LogP contribution in [-0.4, -0.2) is 23.0 Å². The lowest BCUT2D eigenvalue weighted by molar-refractivity contribution is 0.0931. The van der Waals surface area contributed by atoms with Crippen molar-refractivity contribution < 1.29 is 9.59 Å². The molecule has 0 bridgehead atoms. The van der Waals surface area contributed by atoms with Crippen LogP contribution in [0, 0.1) is 6.92 Å². The number of nitrogens with one attached hydrogen (secondary N) is 3. The number of para-hydroxylation sites is 1. The lowest BCUT2D eigenvalue weighted by Gasteiger charge is -2.22. The van der Waals surface area contributed by atoms with Crippen molar-refractivity contribution in [1.29, 1.82) is 0 Å². The molecular weight excluding hydrogens is 336 g/mol. The molecule has 0 unspecified atom stereocenters. The number of anilines is 2. The summed E-state index contributed by atoms with van der Waals surface area (Å²) in [5, 5.41) is 8.92. The molecule has 132 valence electrons. The SMILES string of the molecule is Cc1nc(NC(=O)Nc2ccccc2)sc1C(=O)NC1CCCCC1. The number of nitrogens with zero attached hydrogens (tertiary/aromatic N) is 1. The van der Waals surface area contributed by atoms with Gasteiger partial charge >= 0.3 is 6.03 Å². The van der Waals surface area contributed by atoms with Crippen LogP contribution in [0.4, 0.5) is 15.6 Å². The quantitative estimate of drug-likeness (QED) is 0.767. The fourth-order valence-electron chi connectivity index (χ4n) is 2.94. The number of amides is 3. The summed E-state index contributed by atoms with van der Waals surface area (Å²) in [6.45, 7) is 1.78. The molecule has 1 fully saturated rings. The van der Waals surface area contributed by atoms with E-state index in [4.69, 9.17) is 0 Å². The number of hydrogen-bond donors (Lipinski definition) is 3. The van der Waals surface area contributed by atoms with Crippen molar-refractivity contribution in [3.8, 4) is 0 Å². The number of rotatable bonds is 4. The Morgan fingerprint density at radius 3 is 2.52 bits per heavy atom. The monoisotopic (exact) mass is 358 g/mol. The zero-order chi connectivity index (χ0) is 17.6. The highest BCUT2D eigenvalue weighted by molar-refractivity contribution is 7.17. The Balaban J connectivity index is 1.59. The first-order valence-electron chi connectivity index (χ1n) is 8.53. The van der Waals surface area contributed by atoms with Gasteiger partial charge in [-0.25, -0.2) is 9.78 Å². The Hall–Kier alpha value is -2.41. The van der Waals surface area contributed by atoms with Crippen LogP contribution < -0.4 is 16.0 Å². The molecule has 0 spiro atoms. The summed E-state index contributed by atoms with van der Waals surface area (Å²) in [7, 11) is 0. The molecule has 1 aliphatic rings. The highest BCUT2D eigenvalue weighted by atomic mass is 32.1. The van der Waals surface area contributed by atoms with Crippen LogP contribution in [0.2, 0.25) is 0 Å². The van der Waals surface area contributed by atoms with E-state index in [1.807, 2.05) is 18.2 Å². The molecule has 2 aromatic rings. The minimum Gasteiger partial charge on any atom is -0.349 e. The minimum absolute atomic E-state index is 0.0987. The van der Waals surface area contributed by atoms with Crippen LogP contribution in [0.25, 0.3) is 0 Å². The first-order valence-corrected chi connectivity index (χ1v) is 9.35. The first-order chi connectivity index (χ1) is 12.1. The molecule has 6 nitrogen and oxygen atoms in total. The molecule has 0 radical (unpaired) electrons. The van der Waals surface area contributed by atoms with E-state index in [9.17, 15) is 9.59 Å². The van der Waals surface area contributed by atoms with Gasteiger partial charge < -0.3 is 10.6 Å². The number of urea groups is 1. The standard InChI is InChI=1S/C18H22N4O2S/c1-12-15(16(23)20-13-8-4-2-5-9-13)25-18(19-12)22-17(24)21-14-10-6-3-7-11-14/h3,6-7,10-11,13H,2,4-5,8-9H2,1H3,(H,20,23)(H2,19,21,22,24). The van der Waals surface area contributed by atoms with Crippen molar-refractivity contribution in [2.24, 2.45) is 0 Å². The van der Waals surface area contributed by atoms with E-state index >= 15 is 0 Å². The van der Waals surface area contributed by atoms with E-state index in [0.29, 0.717) is 21.4 Å². The van der Waals surface area contributed by atoms with Crippen molar-refractivity contribution in [1.82, 2.24) is 10.3 Å². The lowest BCUT2D eigenvalue weighted by atomic mass is 9.95. The highest BCUT2D eigenvalue weighted by Crippen LogP contribution is 2.24. The van der Waals surface area contributed by atoms with Crippen molar-refractivity contribution in [3.05, 3.63) is 40.9 Å². The normalized spacial score (nSPS) is 14.8. The maximum Gasteiger partial charge on any atom is 0.325 e. The summed E-state index contributed by atoms with van der Waals surface area (Å²) < 4.78 is 0. The minimum atomic E-state index is -0.376. The van der Waals surface area contributed by atoms with Crippen LogP contribution >= 0.6 is 11.3 Å². The summed E-state index contributed by atoms with van der Waals surface area (Å²) in [4.78, 5) is 29.3. The van der Waals surface area contributed by atoms with E-state index in [1.54, 1.807) is 19.1 Å². The van der Waals surface area contributed by atoms with Gasteiger partial charge in [0.25, 0.3) is 5.91 Å². The predicted molar refractivity (Wildman–Crippen MR) is 100 cm³/mol. The fraction of sp³-hybridized carbons (Fsp3) is 0.389. The summed E-state index contributed by atoms with van der Waals surface area (Å²) in [5.41, 5.74) is 1.33. The third-order valence-corrected chi connectivity index (χ3v) is 5.27. The van der Waals surface area contributed by atoms with Crippen molar-refractivity contribution in [3.63, 3.8) is 0 Å². The lowest BCUT2D eigenvalue weighted by Crippen LogP contribution is -2.36. The van der Waals surface area contributed by atoms with Crippen LogP contribution in [-0.2, 0) is 0 Å². The van der Waals surface area contributed by atoms with Crippen molar-refractivity contribution >= 4 is 34.1 Å². The zero-order valence-corrected chi connectivity index (χ0v) is 15.0. The van der Waals surface area contributed by atoms with Crippen LogP contribution in [0.5, 0.6) is 0 Å². The number of benzene rings is 1. The second-order valence-electron chi connectivity index (χ2n) is 6.19. The topological polar surface area (TPSA) is 83.1 Å². The van der Waals surface area contributed by atoms with Gasteiger partial charge in [-0.05, 0) is 31.9 Å². The number of hydrogen-bond acceptors (Lipinski definition) is 4. The maximum atomic E-state index is 12.5. The van der Waals surface area contributed by atoms with Gasteiger partial charge in [-0.1, -0.05) is 48.8 Å². The molecule has 3 rings (SSSR count). The van der Waals surface area contributed by atoms with Gasteiger partial charge in [0.1, 0.15) is 4.88 Å². The molecule has 0 atom stereocenters. The molecule has 3 N–H and O–H groups in total. The third-order valence-electron chi connectivity index (χ3n) is 4.20. The van der Waals surface area contributed by atoms with Gasteiger partial charge in [0.15, 0.2) is 5.13 Å².